The zero-order valence-electron chi connectivity index (χ0n) is 36.4. The monoisotopic (exact) mass is 812 g/mol. The molecule has 0 spiro atoms. The lowest BCUT2D eigenvalue weighted by atomic mass is 9.36. The smallest absolute Gasteiger partial charge is 0.273 e. The summed E-state index contributed by atoms with van der Waals surface area (Å²) in [5.74, 6) is 1.87. The van der Waals surface area contributed by atoms with Gasteiger partial charge in [-0.1, -0.05) is 113 Å². The number of ether oxygens (including phenoxy) is 1. The van der Waals surface area contributed by atoms with E-state index in [4.69, 9.17) is 9.15 Å². The Morgan fingerprint density at radius 3 is 1.87 bits per heavy atom. The minimum absolute atomic E-state index is 0.00255. The molecule has 0 saturated heterocycles. The first-order chi connectivity index (χ1) is 29.2. The molecule has 4 heterocycles. The van der Waals surface area contributed by atoms with E-state index >= 15 is 0 Å². The lowest BCUT2D eigenvalue weighted by Gasteiger charge is -2.40. The summed E-state index contributed by atoms with van der Waals surface area (Å²) < 4.78 is 16.9. The van der Waals surface area contributed by atoms with Crippen molar-refractivity contribution >= 4 is 99.9 Å². The quantitative estimate of drug-likeness (QED) is 0.166. The normalized spacial score (nSPS) is 13.4. The zero-order chi connectivity index (χ0) is 42.1. The van der Waals surface area contributed by atoms with Crippen molar-refractivity contribution in [3.8, 4) is 11.5 Å². The molecule has 0 N–H and O–H groups in total. The first kappa shape index (κ1) is 37.7. The van der Waals surface area contributed by atoms with Gasteiger partial charge < -0.3 is 19.0 Å². The highest BCUT2D eigenvalue weighted by atomic mass is 32.1. The second kappa shape index (κ2) is 13.4. The number of benzene rings is 7. The molecule has 2 aliphatic rings. The lowest BCUT2D eigenvalue weighted by Crippen LogP contribution is -2.58. The Hall–Kier alpha value is -6.24. The number of hydrogen-bond acceptors (Lipinski definition) is 5. The predicted molar refractivity (Wildman–Crippen MR) is 261 cm³/mol. The summed E-state index contributed by atoms with van der Waals surface area (Å²) in [6.45, 7) is 20.0. The third-order valence-electron chi connectivity index (χ3n) is 12.8. The Morgan fingerprint density at radius 1 is 0.590 bits per heavy atom. The van der Waals surface area contributed by atoms with Gasteiger partial charge in [-0.2, -0.15) is 0 Å². The van der Waals surface area contributed by atoms with E-state index in [-0.39, 0.29) is 17.5 Å². The van der Waals surface area contributed by atoms with Crippen molar-refractivity contribution in [3.05, 3.63) is 161 Å². The molecule has 0 atom stereocenters. The average Bonchev–Trinajstić information content (AvgIpc) is 3.80. The van der Waals surface area contributed by atoms with Crippen LogP contribution in [0.5, 0.6) is 11.5 Å². The maximum absolute atomic E-state index is 7.30. The lowest BCUT2D eigenvalue weighted by molar-refractivity contribution is 0.494. The minimum Gasteiger partial charge on any atom is -0.457 e. The van der Waals surface area contributed by atoms with Gasteiger partial charge in [-0.15, -0.1) is 11.3 Å². The minimum atomic E-state index is -0.130. The van der Waals surface area contributed by atoms with Crippen LogP contribution in [0, 0.1) is 20.8 Å². The van der Waals surface area contributed by atoms with Crippen molar-refractivity contribution in [2.45, 2.75) is 73.1 Å². The maximum atomic E-state index is 7.30. The highest BCUT2D eigenvalue weighted by Crippen LogP contribution is 2.51. The van der Waals surface area contributed by atoms with E-state index in [2.05, 4.69) is 206 Å². The molecule has 2 aromatic heterocycles. The van der Waals surface area contributed by atoms with E-state index in [1.54, 1.807) is 0 Å². The first-order valence-corrected chi connectivity index (χ1v) is 22.3. The molecule has 0 amide bonds. The van der Waals surface area contributed by atoms with E-state index in [0.29, 0.717) is 0 Å². The second-order valence-corrected chi connectivity index (χ2v) is 20.3. The van der Waals surface area contributed by atoms with E-state index in [1.165, 1.54) is 42.6 Å². The number of para-hydroxylation sites is 1. The van der Waals surface area contributed by atoms with Crippen LogP contribution in [0.1, 0.15) is 69.4 Å². The van der Waals surface area contributed by atoms with Gasteiger partial charge in [0.2, 0.25) is 0 Å². The third kappa shape index (κ3) is 5.94. The molecule has 7 aromatic carbocycles. The predicted octanol–water partition coefficient (Wildman–Crippen LogP) is 14.2. The van der Waals surface area contributed by atoms with Gasteiger partial charge in [0.05, 0.1) is 11.1 Å². The van der Waals surface area contributed by atoms with Gasteiger partial charge in [0.25, 0.3) is 6.71 Å². The Balaban J connectivity index is 1.29. The molecule has 4 nitrogen and oxygen atoms in total. The number of hydrogen-bond donors (Lipinski definition) is 0. The van der Waals surface area contributed by atoms with Crippen molar-refractivity contribution in [3.63, 3.8) is 0 Å². The van der Waals surface area contributed by atoms with Gasteiger partial charge in [0.15, 0.2) is 0 Å². The fourth-order valence-corrected chi connectivity index (χ4v) is 10.8. The highest BCUT2D eigenvalue weighted by Gasteiger charge is 2.46. The molecule has 9 aromatic rings. The second-order valence-electron chi connectivity index (χ2n) is 19.3. The van der Waals surface area contributed by atoms with Gasteiger partial charge in [-0.05, 0) is 132 Å². The van der Waals surface area contributed by atoms with Crippen LogP contribution >= 0.6 is 11.3 Å². The molecule has 2 aliphatic heterocycles. The molecular weight excluding hydrogens is 763 g/mol. The standard InChI is InChI=1S/C55H49BN2O2S/c1-32-14-21-37(22-15-32)57(38-23-16-33(2)17-24-38)42-31-44-50(52-48(42)40-12-10-11-13-45(40)59-52)56-49-43(58(44)39-25-18-35(19-26-39)54(4,5)6)28-34(3)29-46(49)60-51-41-30-36(55(7,8)9)20-27-47(41)61-53(51)56/h10-31H,1-9H3. The molecular formula is C55H49BN2O2S. The number of thiophene rings is 1. The third-order valence-corrected chi connectivity index (χ3v) is 14.0. The summed E-state index contributed by atoms with van der Waals surface area (Å²) in [6, 6.07) is 49.5. The topological polar surface area (TPSA) is 28.9 Å². The molecule has 0 radical (unpaired) electrons. The summed E-state index contributed by atoms with van der Waals surface area (Å²) in [4.78, 5) is 4.90. The van der Waals surface area contributed by atoms with Crippen LogP contribution in [0.3, 0.4) is 0 Å². The van der Waals surface area contributed by atoms with Gasteiger partial charge in [-0.25, -0.2) is 0 Å². The summed E-state index contributed by atoms with van der Waals surface area (Å²) >= 11 is 1.85. The summed E-state index contributed by atoms with van der Waals surface area (Å²) in [7, 11) is 0. The van der Waals surface area contributed by atoms with Crippen LogP contribution in [0.15, 0.2) is 138 Å². The summed E-state index contributed by atoms with van der Waals surface area (Å²) in [6.07, 6.45) is 0. The molecule has 61 heavy (non-hydrogen) atoms. The van der Waals surface area contributed by atoms with Crippen LogP contribution in [0.4, 0.5) is 34.1 Å². The summed E-state index contributed by atoms with van der Waals surface area (Å²) in [5.41, 5.74) is 16.9. The van der Waals surface area contributed by atoms with Crippen molar-refractivity contribution in [2.75, 3.05) is 9.80 Å². The van der Waals surface area contributed by atoms with E-state index in [1.807, 2.05) is 11.3 Å². The van der Waals surface area contributed by atoms with Crippen LogP contribution in [0.2, 0.25) is 0 Å². The number of fused-ring (bicyclic) bond motifs is 10. The maximum Gasteiger partial charge on any atom is 0.273 e. The molecule has 0 saturated carbocycles. The van der Waals surface area contributed by atoms with E-state index in [9.17, 15) is 0 Å². The fourth-order valence-electron chi connectivity index (χ4n) is 9.54. The molecule has 0 bridgehead atoms. The number of anilines is 6. The van der Waals surface area contributed by atoms with E-state index < -0.39 is 0 Å². The Bertz CT molecular complexity index is 3170. The largest absolute Gasteiger partial charge is 0.457 e. The number of nitrogens with zero attached hydrogens (tertiary/aromatic N) is 2. The SMILES string of the molecule is Cc1ccc(N(c2ccc(C)cc2)c2cc3c(c4oc5ccccc5c24)B2c4sc5ccc(C(C)(C)C)cc5c4Oc4cc(C)cc(c42)N3c2ccc(C(C)(C)C)cc2)cc1. The van der Waals surface area contributed by atoms with Crippen LogP contribution in [-0.2, 0) is 10.8 Å². The van der Waals surface area contributed by atoms with Gasteiger partial charge in [0.1, 0.15) is 22.7 Å². The van der Waals surface area contributed by atoms with Gasteiger partial charge in [0, 0.05) is 48.7 Å². The van der Waals surface area contributed by atoms with Gasteiger partial charge in [-0.3, -0.25) is 0 Å². The van der Waals surface area contributed by atoms with Crippen LogP contribution < -0.4 is 30.2 Å². The first-order valence-electron chi connectivity index (χ1n) is 21.4. The Kier molecular flexibility index (Phi) is 8.28. The van der Waals surface area contributed by atoms with Crippen LogP contribution in [-0.4, -0.2) is 6.71 Å². The molecule has 0 aliphatic carbocycles. The fraction of sp³-hybridized carbons (Fsp3) is 0.200. The summed E-state index contributed by atoms with van der Waals surface area (Å²) in [5, 5.41) is 3.36. The Morgan fingerprint density at radius 2 is 1.21 bits per heavy atom. The molecule has 0 fully saturated rings. The zero-order valence-corrected chi connectivity index (χ0v) is 37.2. The highest BCUT2D eigenvalue weighted by molar-refractivity contribution is 7.33. The van der Waals surface area contributed by atoms with Crippen molar-refractivity contribution in [2.24, 2.45) is 0 Å². The molecule has 0 unspecified atom stereocenters. The molecule has 11 rings (SSSR count). The van der Waals surface area contributed by atoms with Crippen molar-refractivity contribution < 1.29 is 9.15 Å². The van der Waals surface area contributed by atoms with Crippen LogP contribution in [0.25, 0.3) is 32.0 Å². The van der Waals surface area contributed by atoms with Crippen molar-refractivity contribution in [1.82, 2.24) is 0 Å². The number of furan rings is 1. The molecule has 6 heteroatoms. The van der Waals surface area contributed by atoms with Gasteiger partial charge >= 0.3 is 0 Å². The van der Waals surface area contributed by atoms with E-state index in [0.717, 1.165) is 78.6 Å². The number of rotatable bonds is 4. The average molecular weight is 813 g/mol. The van der Waals surface area contributed by atoms with Crippen molar-refractivity contribution in [1.29, 1.82) is 0 Å². The molecule has 300 valence electrons. The number of aryl methyl sites for hydroxylation is 3. The Labute approximate surface area is 363 Å².